The predicted octanol–water partition coefficient (Wildman–Crippen LogP) is 4.20. The number of aromatic amines is 1. The molecule has 0 atom stereocenters. The molecule has 1 fully saturated rings. The van der Waals surface area contributed by atoms with Crippen molar-refractivity contribution in [3.63, 3.8) is 0 Å². The number of morpholine rings is 1. The van der Waals surface area contributed by atoms with Crippen LogP contribution in [0.1, 0.15) is 15.9 Å². The monoisotopic (exact) mass is 413 g/mol. The van der Waals surface area contributed by atoms with E-state index in [0.717, 1.165) is 54.3 Å². The molecule has 2 heterocycles. The number of carbonyl (C=O) groups excluding carboxylic acids is 1. The zero-order valence-electron chi connectivity index (χ0n) is 17.0. The summed E-state index contributed by atoms with van der Waals surface area (Å²) >= 11 is 0. The summed E-state index contributed by atoms with van der Waals surface area (Å²) in [4.78, 5) is 22.9. The maximum Gasteiger partial charge on any atom is 0.167 e. The number of ketones is 1. The Morgan fingerprint density at radius 3 is 2.48 bits per heavy atom. The van der Waals surface area contributed by atoms with Crippen molar-refractivity contribution in [3.8, 4) is 17.1 Å². The highest BCUT2D eigenvalue weighted by Crippen LogP contribution is 2.25. The van der Waals surface area contributed by atoms with Crippen molar-refractivity contribution in [1.82, 2.24) is 9.97 Å². The first kappa shape index (κ1) is 19.3. The van der Waals surface area contributed by atoms with E-state index in [9.17, 15) is 9.90 Å². The van der Waals surface area contributed by atoms with Crippen molar-refractivity contribution >= 4 is 22.5 Å². The van der Waals surface area contributed by atoms with Crippen LogP contribution in [0.15, 0.2) is 66.7 Å². The molecule has 0 aliphatic carbocycles. The summed E-state index contributed by atoms with van der Waals surface area (Å²) in [6.07, 6.45) is 0.295. The van der Waals surface area contributed by atoms with E-state index in [2.05, 4.69) is 34.1 Å². The number of carbonyl (C=O) groups is 1. The molecule has 1 aromatic heterocycles. The number of rotatable bonds is 5. The van der Waals surface area contributed by atoms with Gasteiger partial charge in [0.15, 0.2) is 5.78 Å². The number of ether oxygens (including phenoxy) is 1. The molecule has 0 unspecified atom stereocenters. The molecule has 1 aliphatic rings. The lowest BCUT2D eigenvalue weighted by Crippen LogP contribution is -2.36. The summed E-state index contributed by atoms with van der Waals surface area (Å²) in [5.41, 5.74) is 5.50. The number of hydrogen-bond acceptors (Lipinski definition) is 5. The van der Waals surface area contributed by atoms with E-state index in [1.807, 2.05) is 18.2 Å². The lowest BCUT2D eigenvalue weighted by molar-refractivity contribution is 0.0993. The second kappa shape index (κ2) is 8.24. The molecule has 0 bridgehead atoms. The third-order valence-electron chi connectivity index (χ3n) is 5.62. The number of anilines is 1. The third-order valence-corrected chi connectivity index (χ3v) is 5.62. The fourth-order valence-electron chi connectivity index (χ4n) is 3.89. The number of nitrogens with zero attached hydrogens (tertiary/aromatic N) is 2. The average molecular weight is 413 g/mol. The molecule has 4 aromatic rings. The van der Waals surface area contributed by atoms with E-state index >= 15 is 0 Å². The molecule has 2 N–H and O–H groups in total. The number of phenols is 1. The Morgan fingerprint density at radius 2 is 1.74 bits per heavy atom. The normalized spacial score (nSPS) is 14.1. The number of imidazole rings is 1. The molecule has 5 rings (SSSR count). The van der Waals surface area contributed by atoms with E-state index in [4.69, 9.17) is 9.72 Å². The smallest absolute Gasteiger partial charge is 0.167 e. The van der Waals surface area contributed by atoms with Crippen molar-refractivity contribution in [2.45, 2.75) is 6.42 Å². The zero-order valence-corrected chi connectivity index (χ0v) is 17.0. The van der Waals surface area contributed by atoms with Gasteiger partial charge in [-0.1, -0.05) is 6.07 Å². The molecule has 1 saturated heterocycles. The van der Waals surface area contributed by atoms with Crippen molar-refractivity contribution in [2.24, 2.45) is 0 Å². The molecule has 31 heavy (non-hydrogen) atoms. The number of Topliss-reactive ketones (excluding diaryl/α,β-unsaturated/α-hetero) is 1. The predicted molar refractivity (Wildman–Crippen MR) is 121 cm³/mol. The standard InChI is InChI=1S/C25H23N3O3/c29-21-8-4-18(5-9-21)24(30)16-17-1-10-22-23(15-17)27-25(26-22)19-2-6-20(7-3-19)28-11-13-31-14-12-28/h1-10,15,29H,11-14,16H2,(H,26,27). The average Bonchev–Trinajstić information content (AvgIpc) is 3.24. The minimum Gasteiger partial charge on any atom is -0.508 e. The van der Waals surface area contributed by atoms with Gasteiger partial charge in [0.2, 0.25) is 0 Å². The maximum absolute atomic E-state index is 12.5. The van der Waals surface area contributed by atoms with E-state index in [1.165, 1.54) is 17.8 Å². The van der Waals surface area contributed by atoms with Gasteiger partial charge >= 0.3 is 0 Å². The maximum atomic E-state index is 12.5. The van der Waals surface area contributed by atoms with E-state index in [1.54, 1.807) is 12.1 Å². The zero-order chi connectivity index (χ0) is 21.2. The van der Waals surface area contributed by atoms with Gasteiger partial charge in [-0.2, -0.15) is 0 Å². The van der Waals surface area contributed by atoms with Crippen LogP contribution >= 0.6 is 0 Å². The van der Waals surface area contributed by atoms with Crippen molar-refractivity contribution in [3.05, 3.63) is 77.9 Å². The van der Waals surface area contributed by atoms with E-state index in [-0.39, 0.29) is 11.5 Å². The van der Waals surface area contributed by atoms with Gasteiger partial charge in [-0.3, -0.25) is 4.79 Å². The molecule has 0 radical (unpaired) electrons. The van der Waals surface area contributed by atoms with Crippen LogP contribution in [0.25, 0.3) is 22.4 Å². The van der Waals surface area contributed by atoms with Crippen LogP contribution in [0.5, 0.6) is 5.75 Å². The molecule has 3 aromatic carbocycles. The van der Waals surface area contributed by atoms with Gasteiger partial charge < -0.3 is 19.7 Å². The number of benzene rings is 3. The summed E-state index contributed by atoms with van der Waals surface area (Å²) in [7, 11) is 0. The van der Waals surface area contributed by atoms with Crippen molar-refractivity contribution < 1.29 is 14.6 Å². The van der Waals surface area contributed by atoms with Crippen LogP contribution in [0.3, 0.4) is 0 Å². The Bertz CT molecular complexity index is 1210. The quantitative estimate of drug-likeness (QED) is 0.480. The summed E-state index contributed by atoms with van der Waals surface area (Å²) in [5, 5.41) is 9.39. The van der Waals surface area contributed by atoms with Crippen LogP contribution in [0.4, 0.5) is 5.69 Å². The molecule has 1 aliphatic heterocycles. The molecule has 6 heteroatoms. The topological polar surface area (TPSA) is 78.5 Å². The number of H-pyrrole nitrogens is 1. The van der Waals surface area contributed by atoms with Gasteiger partial charge in [-0.25, -0.2) is 4.98 Å². The Labute approximate surface area is 180 Å². The Kier molecular flexibility index (Phi) is 5.14. The van der Waals surface area contributed by atoms with Crippen molar-refractivity contribution in [1.29, 1.82) is 0 Å². The molecular weight excluding hydrogens is 390 g/mol. The van der Waals surface area contributed by atoms with Crippen LogP contribution in [-0.4, -0.2) is 47.2 Å². The highest BCUT2D eigenvalue weighted by atomic mass is 16.5. The minimum absolute atomic E-state index is 0.0118. The van der Waals surface area contributed by atoms with Crippen LogP contribution in [0, 0.1) is 0 Å². The second-order valence-electron chi connectivity index (χ2n) is 7.73. The molecule has 6 nitrogen and oxygen atoms in total. The number of nitrogens with one attached hydrogen (secondary N) is 1. The Morgan fingerprint density at radius 1 is 1.00 bits per heavy atom. The largest absolute Gasteiger partial charge is 0.508 e. The van der Waals surface area contributed by atoms with E-state index < -0.39 is 0 Å². The number of hydrogen-bond donors (Lipinski definition) is 2. The Balaban J connectivity index is 1.34. The van der Waals surface area contributed by atoms with Gasteiger partial charge in [-0.15, -0.1) is 0 Å². The summed E-state index contributed by atoms with van der Waals surface area (Å²) < 4.78 is 5.42. The first-order valence-corrected chi connectivity index (χ1v) is 10.4. The van der Waals surface area contributed by atoms with Gasteiger partial charge in [0, 0.05) is 36.3 Å². The number of aromatic nitrogens is 2. The highest BCUT2D eigenvalue weighted by molar-refractivity contribution is 5.98. The third kappa shape index (κ3) is 4.15. The van der Waals surface area contributed by atoms with Gasteiger partial charge in [0.1, 0.15) is 11.6 Å². The van der Waals surface area contributed by atoms with Crippen LogP contribution in [0.2, 0.25) is 0 Å². The molecular formula is C25H23N3O3. The lowest BCUT2D eigenvalue weighted by Gasteiger charge is -2.28. The Hall–Kier alpha value is -3.64. The first-order valence-electron chi connectivity index (χ1n) is 10.4. The summed E-state index contributed by atoms with van der Waals surface area (Å²) in [6.45, 7) is 3.36. The van der Waals surface area contributed by atoms with Crippen LogP contribution < -0.4 is 4.90 Å². The number of phenolic OH excluding ortho intramolecular Hbond substituents is 1. The number of fused-ring (bicyclic) bond motifs is 1. The molecule has 0 spiro atoms. The first-order chi connectivity index (χ1) is 15.2. The van der Waals surface area contributed by atoms with Crippen molar-refractivity contribution in [2.75, 3.05) is 31.2 Å². The van der Waals surface area contributed by atoms with Gasteiger partial charge in [0.05, 0.1) is 24.2 Å². The number of aromatic hydroxyl groups is 1. The van der Waals surface area contributed by atoms with Crippen LogP contribution in [-0.2, 0) is 11.2 Å². The molecule has 0 amide bonds. The highest BCUT2D eigenvalue weighted by Gasteiger charge is 2.13. The van der Waals surface area contributed by atoms with Gasteiger partial charge in [-0.05, 0) is 66.2 Å². The fourth-order valence-corrected chi connectivity index (χ4v) is 3.89. The summed E-state index contributed by atoms with van der Waals surface area (Å²) in [6, 6.07) is 20.6. The van der Waals surface area contributed by atoms with E-state index in [0.29, 0.717) is 12.0 Å². The fraction of sp³-hybridized carbons (Fsp3) is 0.200. The van der Waals surface area contributed by atoms with Gasteiger partial charge in [0.25, 0.3) is 0 Å². The minimum atomic E-state index is 0.0118. The second-order valence-corrected chi connectivity index (χ2v) is 7.73. The molecule has 156 valence electrons. The lowest BCUT2D eigenvalue weighted by atomic mass is 10.0. The SMILES string of the molecule is O=C(Cc1ccc2nc(-c3ccc(N4CCOCC4)cc3)[nH]c2c1)c1ccc(O)cc1. The molecule has 0 saturated carbocycles. The summed E-state index contributed by atoms with van der Waals surface area (Å²) in [5.74, 6) is 0.976.